The van der Waals surface area contributed by atoms with E-state index in [9.17, 15) is 4.39 Å². The largest absolute Gasteiger partial charge is 0.354 e. The van der Waals surface area contributed by atoms with Crippen molar-refractivity contribution in [3.63, 3.8) is 0 Å². The lowest BCUT2D eigenvalue weighted by molar-refractivity contribution is 0.628. The molecular weight excluding hydrogens is 335 g/mol. The van der Waals surface area contributed by atoms with Gasteiger partial charge in [0.25, 0.3) is 0 Å². The Kier molecular flexibility index (Phi) is 4.05. The molecule has 1 N–H and O–H groups in total. The third-order valence-electron chi connectivity index (χ3n) is 3.46. The Bertz CT molecular complexity index is 662. The van der Waals surface area contributed by atoms with Crippen molar-refractivity contribution in [3.8, 4) is 0 Å². The number of nitrogens with zero attached hydrogens (tertiary/aromatic N) is 3. The molecule has 0 spiro atoms. The zero-order chi connectivity index (χ0) is 14.8. The summed E-state index contributed by atoms with van der Waals surface area (Å²) in [6.45, 7) is 3.71. The molecule has 2 aromatic rings. The SMILES string of the molecule is CCCNc1ncc(Br)c(N2CCc3ccc(F)cc32)n1. The smallest absolute Gasteiger partial charge is 0.224 e. The minimum atomic E-state index is -0.227. The topological polar surface area (TPSA) is 41.1 Å². The van der Waals surface area contributed by atoms with Crippen molar-refractivity contribution < 1.29 is 4.39 Å². The van der Waals surface area contributed by atoms with Gasteiger partial charge in [-0.1, -0.05) is 13.0 Å². The molecule has 0 saturated carbocycles. The van der Waals surface area contributed by atoms with Gasteiger partial charge in [-0.25, -0.2) is 9.37 Å². The third kappa shape index (κ3) is 2.85. The number of aromatic nitrogens is 2. The number of nitrogens with one attached hydrogen (secondary N) is 1. The van der Waals surface area contributed by atoms with E-state index in [1.807, 2.05) is 11.0 Å². The van der Waals surface area contributed by atoms with Crippen molar-refractivity contribution in [1.82, 2.24) is 9.97 Å². The Labute approximate surface area is 131 Å². The minimum absolute atomic E-state index is 0.227. The molecule has 0 aliphatic carbocycles. The second kappa shape index (κ2) is 5.97. The fourth-order valence-electron chi connectivity index (χ4n) is 2.44. The van der Waals surface area contributed by atoms with Crippen molar-refractivity contribution >= 4 is 33.4 Å². The van der Waals surface area contributed by atoms with Gasteiger partial charge in [-0.3, -0.25) is 0 Å². The molecule has 3 rings (SSSR count). The normalized spacial score (nSPS) is 13.4. The molecule has 6 heteroatoms. The van der Waals surface area contributed by atoms with Crippen LogP contribution < -0.4 is 10.2 Å². The van der Waals surface area contributed by atoms with Crippen LogP contribution in [-0.4, -0.2) is 23.1 Å². The first-order chi connectivity index (χ1) is 10.2. The van der Waals surface area contributed by atoms with E-state index >= 15 is 0 Å². The first-order valence-electron chi connectivity index (χ1n) is 7.01. The molecule has 1 aliphatic heterocycles. The summed E-state index contributed by atoms with van der Waals surface area (Å²) in [7, 11) is 0. The molecule has 0 saturated heterocycles. The van der Waals surface area contributed by atoms with Crippen LogP contribution in [-0.2, 0) is 6.42 Å². The van der Waals surface area contributed by atoms with Crippen LogP contribution in [0.5, 0.6) is 0 Å². The molecule has 0 bridgehead atoms. The predicted octanol–water partition coefficient (Wildman–Crippen LogP) is 3.89. The highest BCUT2D eigenvalue weighted by Crippen LogP contribution is 2.37. The van der Waals surface area contributed by atoms with E-state index in [4.69, 9.17) is 0 Å². The second-order valence-electron chi connectivity index (χ2n) is 4.97. The average Bonchev–Trinajstić information content (AvgIpc) is 2.89. The maximum absolute atomic E-state index is 13.5. The summed E-state index contributed by atoms with van der Waals surface area (Å²) in [6.07, 6.45) is 3.63. The Hall–Kier alpha value is -1.69. The van der Waals surface area contributed by atoms with E-state index in [-0.39, 0.29) is 5.82 Å². The number of fused-ring (bicyclic) bond motifs is 1. The van der Waals surface area contributed by atoms with Crippen molar-refractivity contribution in [2.24, 2.45) is 0 Å². The molecular formula is C15H16BrFN4. The third-order valence-corrected chi connectivity index (χ3v) is 4.02. The van der Waals surface area contributed by atoms with Crippen molar-refractivity contribution in [2.45, 2.75) is 19.8 Å². The van der Waals surface area contributed by atoms with Crippen LogP contribution in [0.15, 0.2) is 28.9 Å². The summed E-state index contributed by atoms with van der Waals surface area (Å²) in [5, 5.41) is 3.18. The van der Waals surface area contributed by atoms with Crippen LogP contribution in [0.2, 0.25) is 0 Å². The summed E-state index contributed by atoms with van der Waals surface area (Å²) in [6, 6.07) is 4.91. The van der Waals surface area contributed by atoms with E-state index in [1.165, 1.54) is 6.07 Å². The Morgan fingerprint density at radius 3 is 3.10 bits per heavy atom. The molecule has 110 valence electrons. The molecule has 1 aliphatic rings. The van der Waals surface area contributed by atoms with Gasteiger partial charge in [-0.2, -0.15) is 4.98 Å². The first-order valence-corrected chi connectivity index (χ1v) is 7.80. The predicted molar refractivity (Wildman–Crippen MR) is 85.6 cm³/mol. The molecule has 0 radical (unpaired) electrons. The van der Waals surface area contributed by atoms with Gasteiger partial charge in [0.05, 0.1) is 4.47 Å². The van der Waals surface area contributed by atoms with Gasteiger partial charge < -0.3 is 10.2 Å². The monoisotopic (exact) mass is 350 g/mol. The number of hydrogen-bond donors (Lipinski definition) is 1. The lowest BCUT2D eigenvalue weighted by atomic mass is 10.2. The summed E-state index contributed by atoms with van der Waals surface area (Å²) in [5.41, 5.74) is 2.03. The lowest BCUT2D eigenvalue weighted by Gasteiger charge is -2.20. The van der Waals surface area contributed by atoms with Crippen LogP contribution in [0.3, 0.4) is 0 Å². The Morgan fingerprint density at radius 2 is 2.29 bits per heavy atom. The average molecular weight is 351 g/mol. The molecule has 0 unspecified atom stereocenters. The highest BCUT2D eigenvalue weighted by molar-refractivity contribution is 9.10. The highest BCUT2D eigenvalue weighted by atomic mass is 79.9. The molecule has 2 heterocycles. The summed E-state index contributed by atoms with van der Waals surface area (Å²) >= 11 is 3.49. The van der Waals surface area contributed by atoms with Gasteiger partial charge in [-0.05, 0) is 46.5 Å². The van der Waals surface area contributed by atoms with Crippen LogP contribution in [0.4, 0.5) is 21.8 Å². The van der Waals surface area contributed by atoms with Gasteiger partial charge in [0.2, 0.25) is 5.95 Å². The molecule has 1 aromatic carbocycles. The van der Waals surface area contributed by atoms with Crippen LogP contribution >= 0.6 is 15.9 Å². The number of benzene rings is 1. The molecule has 0 atom stereocenters. The van der Waals surface area contributed by atoms with Gasteiger partial charge in [0.1, 0.15) is 5.82 Å². The molecule has 0 fully saturated rings. The van der Waals surface area contributed by atoms with Crippen molar-refractivity contribution in [2.75, 3.05) is 23.3 Å². The fourth-order valence-corrected chi connectivity index (χ4v) is 2.85. The van der Waals surface area contributed by atoms with Crippen LogP contribution in [0, 0.1) is 5.82 Å². The van der Waals surface area contributed by atoms with Crippen molar-refractivity contribution in [3.05, 3.63) is 40.2 Å². The highest BCUT2D eigenvalue weighted by Gasteiger charge is 2.24. The first kappa shape index (κ1) is 14.3. The standard InChI is InChI=1S/C15H16BrFN4/c1-2-6-18-15-19-9-12(16)14(20-15)21-7-5-10-3-4-11(17)8-13(10)21/h3-4,8-9H,2,5-7H2,1H3,(H,18,19,20). The summed E-state index contributed by atoms with van der Waals surface area (Å²) in [5.74, 6) is 1.14. The molecule has 0 amide bonds. The quantitative estimate of drug-likeness (QED) is 0.907. The zero-order valence-electron chi connectivity index (χ0n) is 11.7. The lowest BCUT2D eigenvalue weighted by Crippen LogP contribution is -2.17. The van der Waals surface area contributed by atoms with Crippen molar-refractivity contribution in [1.29, 1.82) is 0 Å². The van der Waals surface area contributed by atoms with Gasteiger partial charge in [0, 0.05) is 25.0 Å². The maximum Gasteiger partial charge on any atom is 0.224 e. The van der Waals surface area contributed by atoms with E-state index in [0.29, 0.717) is 5.95 Å². The number of anilines is 3. The maximum atomic E-state index is 13.5. The number of halogens is 2. The Morgan fingerprint density at radius 1 is 1.43 bits per heavy atom. The summed E-state index contributed by atoms with van der Waals surface area (Å²) in [4.78, 5) is 10.8. The molecule has 21 heavy (non-hydrogen) atoms. The molecule has 4 nitrogen and oxygen atoms in total. The number of hydrogen-bond acceptors (Lipinski definition) is 4. The zero-order valence-corrected chi connectivity index (χ0v) is 13.3. The minimum Gasteiger partial charge on any atom is -0.354 e. The van der Waals surface area contributed by atoms with Crippen LogP contribution in [0.1, 0.15) is 18.9 Å². The van der Waals surface area contributed by atoms with Crippen LogP contribution in [0.25, 0.3) is 0 Å². The van der Waals surface area contributed by atoms with E-state index < -0.39 is 0 Å². The van der Waals surface area contributed by atoms with Gasteiger partial charge in [-0.15, -0.1) is 0 Å². The van der Waals surface area contributed by atoms with Gasteiger partial charge >= 0.3 is 0 Å². The fraction of sp³-hybridized carbons (Fsp3) is 0.333. The van der Waals surface area contributed by atoms with Gasteiger partial charge in [0.15, 0.2) is 5.82 Å². The second-order valence-corrected chi connectivity index (χ2v) is 5.82. The Balaban J connectivity index is 1.96. The van der Waals surface area contributed by atoms with E-state index in [0.717, 1.165) is 47.5 Å². The van der Waals surface area contributed by atoms with E-state index in [2.05, 4.69) is 38.1 Å². The number of rotatable bonds is 4. The van der Waals surface area contributed by atoms with E-state index in [1.54, 1.807) is 12.3 Å². The molecule has 1 aromatic heterocycles. The summed E-state index contributed by atoms with van der Waals surface area (Å²) < 4.78 is 14.3.